The first-order chi connectivity index (χ1) is 7.22. The average molecular weight is 496 g/mol. The largest absolute Gasteiger partial charge is 0.675 e. The zero-order chi connectivity index (χ0) is 11.1. The van der Waals surface area contributed by atoms with Gasteiger partial charge < -0.3 is 14.8 Å². The summed E-state index contributed by atoms with van der Waals surface area (Å²) in [7, 11) is -0.842. The van der Waals surface area contributed by atoms with E-state index in [0.29, 0.717) is 13.0 Å². The third-order valence-electron chi connectivity index (χ3n) is 2.46. The maximum absolute atomic E-state index is 8.35. The molecule has 1 saturated carbocycles. The molecule has 0 radical (unpaired) electrons. The van der Waals surface area contributed by atoms with Crippen molar-refractivity contribution in [2.24, 2.45) is 0 Å². The average Bonchev–Trinajstić information content (AvgIpc) is 2.22. The molecule has 1 fully saturated rings. The van der Waals surface area contributed by atoms with Gasteiger partial charge in [0.05, 0.1) is 25.2 Å². The first kappa shape index (κ1) is 14.8. The van der Waals surface area contributed by atoms with Gasteiger partial charge in [-0.15, -0.1) is 6.04 Å². The van der Waals surface area contributed by atoms with E-state index in [1.54, 1.807) is 0 Å². The van der Waals surface area contributed by atoms with Gasteiger partial charge in [0.25, 0.3) is 0 Å². The van der Waals surface area contributed by atoms with Gasteiger partial charge in [-0.05, 0) is 12.8 Å². The molecule has 0 amide bonds. The zero-order valence-electron chi connectivity index (χ0n) is 9.82. The van der Waals surface area contributed by atoms with Crippen LogP contribution in [0.3, 0.4) is 0 Å². The molecule has 88 valence electrons. The van der Waals surface area contributed by atoms with Crippen LogP contribution >= 0.6 is 8.38 Å². The minimum Gasteiger partial charge on any atom is -0.675 e. The van der Waals surface area contributed by atoms with Crippen LogP contribution < -0.4 is 0 Å². The summed E-state index contributed by atoms with van der Waals surface area (Å²) in [6.45, 7) is 2.39. The summed E-state index contributed by atoms with van der Waals surface area (Å²) in [6, 6.07) is 2.14. The molecule has 1 atom stereocenters. The van der Waals surface area contributed by atoms with Crippen molar-refractivity contribution in [3.05, 3.63) is 5.73 Å². The number of nitrogens with one attached hydrogen (secondary N) is 1. The van der Waals surface area contributed by atoms with Crippen LogP contribution in [0.4, 0.5) is 0 Å². The third kappa shape index (κ3) is 5.63. The number of hydrogen-bond acceptors (Lipinski definition) is 3. The van der Waals surface area contributed by atoms with Crippen LogP contribution in [0, 0.1) is 11.3 Å². The van der Waals surface area contributed by atoms with Crippen molar-refractivity contribution in [3.63, 3.8) is 0 Å². The summed E-state index contributed by atoms with van der Waals surface area (Å²) in [5, 5.41) is 8.35. The first-order valence-electron chi connectivity index (χ1n) is 5.34. The van der Waals surface area contributed by atoms with Crippen LogP contribution in [-0.4, -0.2) is 25.4 Å². The fourth-order valence-corrected chi connectivity index (χ4v) is 2.67. The second-order valence-electron chi connectivity index (χ2n) is 3.76. The standard InChI is InChI=1S/C10H18N2O2P.Rf/c1-15(13-8-2-7-11)14-10-5-3-9(12)4-6-10;/h9-10,12H,2-6,8H2,1H3;/q-1;. The van der Waals surface area contributed by atoms with E-state index >= 15 is 0 Å². The van der Waals surface area contributed by atoms with E-state index in [2.05, 4.69) is 0 Å². The van der Waals surface area contributed by atoms with E-state index in [0.717, 1.165) is 25.7 Å². The predicted octanol–water partition coefficient (Wildman–Crippen LogP) is 3.24. The fourth-order valence-electron chi connectivity index (χ4n) is 1.63. The molecule has 1 aliphatic rings. The van der Waals surface area contributed by atoms with E-state index < -0.39 is 8.38 Å². The summed E-state index contributed by atoms with van der Waals surface area (Å²) < 4.78 is 11.1. The topological polar surface area (TPSA) is 66.0 Å². The van der Waals surface area contributed by atoms with Crippen molar-refractivity contribution in [1.82, 2.24) is 0 Å². The fraction of sp³-hybridized carbons (Fsp3) is 0.900. The van der Waals surface area contributed by atoms with Gasteiger partial charge in [0, 0.05) is 6.66 Å². The van der Waals surface area contributed by atoms with E-state index in [1.807, 2.05) is 12.7 Å². The maximum Gasteiger partial charge on any atom is 0.167 e. The maximum atomic E-state index is 8.35. The van der Waals surface area contributed by atoms with Crippen molar-refractivity contribution < 1.29 is 9.05 Å². The summed E-state index contributed by atoms with van der Waals surface area (Å²) in [6.07, 6.45) is 4.52. The van der Waals surface area contributed by atoms with Gasteiger partial charge in [0.2, 0.25) is 0 Å². The van der Waals surface area contributed by atoms with Gasteiger partial charge in [-0.2, -0.15) is 5.26 Å². The Morgan fingerprint density at radius 2 is 2.00 bits per heavy atom. The zero-order valence-corrected chi connectivity index (χ0v) is 17.1. The molecule has 6 heteroatoms. The molecule has 0 aromatic carbocycles. The van der Waals surface area contributed by atoms with Crippen molar-refractivity contribution >= 4 is 8.38 Å². The minimum atomic E-state index is -0.842. The van der Waals surface area contributed by atoms with Crippen molar-refractivity contribution in [3.8, 4) is 6.07 Å². The van der Waals surface area contributed by atoms with E-state index in [-0.39, 0.29) is 12.1 Å². The molecule has 0 saturated heterocycles. The number of rotatable bonds is 5. The molecule has 1 N–H and O–H groups in total. The van der Waals surface area contributed by atoms with Gasteiger partial charge in [-0.1, -0.05) is 12.8 Å². The van der Waals surface area contributed by atoms with Gasteiger partial charge in [0.15, 0.2) is 8.38 Å². The molecule has 0 aromatic heterocycles. The Morgan fingerprint density at radius 1 is 1.38 bits per heavy atom. The Labute approximate surface area is 92.7 Å². The number of hydrogen-bond donors (Lipinski definition) is 0. The Balaban J connectivity index is 0.00000225. The summed E-state index contributed by atoms with van der Waals surface area (Å²) >= 11 is 0. The molecular weight excluding hydrogens is 478 g/mol. The third-order valence-corrected chi connectivity index (χ3v) is 3.60. The quantitative estimate of drug-likeness (QED) is 0.434. The van der Waals surface area contributed by atoms with Crippen LogP contribution in [0.1, 0.15) is 32.1 Å². The van der Waals surface area contributed by atoms with Gasteiger partial charge in [-0.3, -0.25) is 0 Å². The molecule has 0 aromatic rings. The number of nitrogens with zero attached hydrogens (tertiary/aromatic N) is 1. The van der Waals surface area contributed by atoms with Gasteiger partial charge in [0.1, 0.15) is 0 Å². The van der Waals surface area contributed by atoms with E-state index in [4.69, 9.17) is 20.0 Å². The Morgan fingerprint density at radius 3 is 2.56 bits per heavy atom. The Kier molecular flexibility index (Phi) is 7.41. The smallest absolute Gasteiger partial charge is 0.167 e. The summed E-state index contributed by atoms with van der Waals surface area (Å²) in [4.78, 5) is 0. The molecule has 0 aliphatic heterocycles. The van der Waals surface area contributed by atoms with Crippen LogP contribution in [0.25, 0.3) is 5.73 Å². The molecular formula is C10H18N2O2PRf-. The molecule has 0 heterocycles. The SMILES string of the molecule is CP(OCCC#N)OC1CCC([NH-])CC1.[Rf]. The van der Waals surface area contributed by atoms with Crippen LogP contribution in [0.2, 0.25) is 0 Å². The van der Waals surface area contributed by atoms with E-state index in [1.165, 1.54) is 0 Å². The monoisotopic (exact) mass is 496 g/mol. The second kappa shape index (κ2) is 8.01. The van der Waals surface area contributed by atoms with Gasteiger partial charge in [-0.25, -0.2) is 0 Å². The Hall–Kier alpha value is -1.20. The first-order valence-corrected chi connectivity index (χ1v) is 6.96. The van der Waals surface area contributed by atoms with Crippen molar-refractivity contribution in [2.75, 3.05) is 13.3 Å². The van der Waals surface area contributed by atoms with Crippen LogP contribution in [0.5, 0.6) is 0 Å². The number of nitriles is 1. The molecule has 1 aliphatic carbocycles. The second-order valence-corrected chi connectivity index (χ2v) is 5.11. The van der Waals surface area contributed by atoms with Gasteiger partial charge >= 0.3 is 0 Å². The van der Waals surface area contributed by atoms with Crippen molar-refractivity contribution in [2.45, 2.75) is 44.2 Å². The van der Waals surface area contributed by atoms with Crippen LogP contribution in [0.15, 0.2) is 0 Å². The molecule has 1 unspecified atom stereocenters. The molecule has 0 bridgehead atoms. The van der Waals surface area contributed by atoms with Crippen molar-refractivity contribution in [1.29, 1.82) is 5.26 Å². The predicted molar refractivity (Wildman–Crippen MR) is 60.5 cm³/mol. The summed E-state index contributed by atoms with van der Waals surface area (Å²) in [5.74, 6) is 0. The molecule has 0 spiro atoms. The minimum absolute atomic E-state index is 0. The Bertz CT molecular complexity index is 217. The molecule has 16 heavy (non-hydrogen) atoms. The molecule has 4 nitrogen and oxygen atoms in total. The van der Waals surface area contributed by atoms with E-state index in [9.17, 15) is 0 Å². The summed E-state index contributed by atoms with van der Waals surface area (Å²) in [5.41, 5.74) is 7.56. The molecule has 1 rings (SSSR count). The van der Waals surface area contributed by atoms with Crippen LogP contribution in [-0.2, 0) is 9.05 Å². The normalized spacial score (nSPS) is 26.6.